The average molecular weight is 217 g/mol. The lowest BCUT2D eigenvalue weighted by atomic mass is 9.94. The first-order chi connectivity index (χ1) is 7.70. The molecule has 86 valence electrons. The van der Waals surface area contributed by atoms with Gasteiger partial charge in [-0.05, 0) is 49.5 Å². The summed E-state index contributed by atoms with van der Waals surface area (Å²) in [6.45, 7) is 5.00. The van der Waals surface area contributed by atoms with E-state index in [9.17, 15) is 0 Å². The Morgan fingerprint density at radius 2 is 1.94 bits per heavy atom. The van der Waals surface area contributed by atoms with Gasteiger partial charge in [0.05, 0.1) is 12.6 Å². The summed E-state index contributed by atoms with van der Waals surface area (Å²) < 4.78 is 5.64. The van der Waals surface area contributed by atoms with E-state index in [0.717, 1.165) is 25.2 Å². The van der Waals surface area contributed by atoms with Crippen molar-refractivity contribution >= 4 is 0 Å². The molecule has 1 aromatic carbocycles. The van der Waals surface area contributed by atoms with Gasteiger partial charge in [-0.25, -0.2) is 0 Å². The summed E-state index contributed by atoms with van der Waals surface area (Å²) in [5.74, 6) is 0.934. The average Bonchev–Trinajstić information content (AvgIpc) is 2.30. The second kappa shape index (κ2) is 4.71. The third kappa shape index (κ3) is 2.12. The minimum atomic E-state index is -0.110. The van der Waals surface area contributed by atoms with E-state index >= 15 is 0 Å². The van der Waals surface area contributed by atoms with E-state index in [1.54, 1.807) is 0 Å². The van der Waals surface area contributed by atoms with Crippen LogP contribution in [0.2, 0.25) is 0 Å². The largest absolute Gasteiger partial charge is 0.496 e. The van der Waals surface area contributed by atoms with Crippen LogP contribution in [0.5, 0.6) is 0 Å². The van der Waals surface area contributed by atoms with Crippen LogP contribution in [-0.2, 0) is 4.74 Å². The Labute approximate surface area is 97.1 Å². The monoisotopic (exact) mass is 217 g/mol. The van der Waals surface area contributed by atoms with Crippen LogP contribution in [-0.4, -0.2) is 6.61 Å². The molecule has 1 aliphatic rings. The van der Waals surface area contributed by atoms with Crippen LogP contribution in [0, 0.1) is 13.8 Å². The van der Waals surface area contributed by atoms with Gasteiger partial charge in [-0.1, -0.05) is 18.2 Å². The van der Waals surface area contributed by atoms with Gasteiger partial charge < -0.3 is 10.5 Å². The fraction of sp³-hybridized carbons (Fsp3) is 0.429. The van der Waals surface area contributed by atoms with Crippen molar-refractivity contribution in [2.45, 2.75) is 32.7 Å². The maximum absolute atomic E-state index is 6.28. The van der Waals surface area contributed by atoms with Crippen LogP contribution in [0.15, 0.2) is 30.0 Å². The van der Waals surface area contributed by atoms with Gasteiger partial charge >= 0.3 is 0 Å². The Morgan fingerprint density at radius 1 is 1.25 bits per heavy atom. The molecule has 2 heteroatoms. The molecule has 1 heterocycles. The topological polar surface area (TPSA) is 35.2 Å². The van der Waals surface area contributed by atoms with Gasteiger partial charge in [-0.3, -0.25) is 0 Å². The van der Waals surface area contributed by atoms with Crippen LogP contribution in [0.1, 0.15) is 35.6 Å². The summed E-state index contributed by atoms with van der Waals surface area (Å²) in [5, 5.41) is 0. The minimum Gasteiger partial charge on any atom is -0.496 e. The lowest BCUT2D eigenvalue weighted by molar-refractivity contribution is 0.175. The summed E-state index contributed by atoms with van der Waals surface area (Å²) >= 11 is 0. The van der Waals surface area contributed by atoms with Crippen molar-refractivity contribution < 1.29 is 4.74 Å². The number of ether oxygens (including phenoxy) is 1. The molecular weight excluding hydrogens is 198 g/mol. The van der Waals surface area contributed by atoms with Gasteiger partial charge in [0, 0.05) is 0 Å². The van der Waals surface area contributed by atoms with Gasteiger partial charge in [0.15, 0.2) is 0 Å². The smallest absolute Gasteiger partial charge is 0.113 e. The van der Waals surface area contributed by atoms with Crippen molar-refractivity contribution in [3.63, 3.8) is 0 Å². The van der Waals surface area contributed by atoms with E-state index in [0.29, 0.717) is 0 Å². The predicted molar refractivity (Wildman–Crippen MR) is 66.1 cm³/mol. The Kier molecular flexibility index (Phi) is 3.30. The minimum absolute atomic E-state index is 0.110. The summed E-state index contributed by atoms with van der Waals surface area (Å²) in [6.07, 6.45) is 4.30. The summed E-state index contributed by atoms with van der Waals surface area (Å²) in [7, 11) is 0. The number of hydrogen-bond donors (Lipinski definition) is 1. The summed E-state index contributed by atoms with van der Waals surface area (Å²) in [5.41, 5.74) is 9.96. The first kappa shape index (κ1) is 11.2. The molecule has 1 unspecified atom stereocenters. The Bertz CT molecular complexity index is 389. The van der Waals surface area contributed by atoms with Gasteiger partial charge in [0.2, 0.25) is 0 Å². The molecule has 0 spiro atoms. The lowest BCUT2D eigenvalue weighted by Gasteiger charge is -2.23. The van der Waals surface area contributed by atoms with Crippen LogP contribution in [0.4, 0.5) is 0 Å². The second-order valence-corrected chi connectivity index (χ2v) is 4.38. The molecule has 1 aromatic rings. The maximum atomic E-state index is 6.28. The van der Waals surface area contributed by atoms with Gasteiger partial charge in [0.1, 0.15) is 5.76 Å². The zero-order valence-electron chi connectivity index (χ0n) is 9.99. The van der Waals surface area contributed by atoms with Gasteiger partial charge in [0.25, 0.3) is 0 Å². The van der Waals surface area contributed by atoms with Crippen molar-refractivity contribution in [2.75, 3.05) is 6.61 Å². The molecule has 0 saturated carbocycles. The first-order valence-corrected chi connectivity index (χ1v) is 5.84. The molecular formula is C14H19NO. The van der Waals surface area contributed by atoms with E-state index in [-0.39, 0.29) is 6.04 Å². The van der Waals surface area contributed by atoms with Crippen molar-refractivity contribution in [3.8, 4) is 0 Å². The van der Waals surface area contributed by atoms with Crippen molar-refractivity contribution in [2.24, 2.45) is 5.73 Å². The molecule has 0 saturated heterocycles. The number of hydrogen-bond acceptors (Lipinski definition) is 2. The molecule has 2 rings (SSSR count). The number of rotatable bonds is 2. The maximum Gasteiger partial charge on any atom is 0.113 e. The molecule has 1 atom stereocenters. The fourth-order valence-electron chi connectivity index (χ4n) is 2.25. The summed E-state index contributed by atoms with van der Waals surface area (Å²) in [6, 6.07) is 6.16. The third-order valence-corrected chi connectivity index (χ3v) is 3.12. The van der Waals surface area contributed by atoms with Crippen molar-refractivity contribution in [3.05, 3.63) is 46.7 Å². The van der Waals surface area contributed by atoms with Crippen molar-refractivity contribution in [1.82, 2.24) is 0 Å². The van der Waals surface area contributed by atoms with E-state index in [4.69, 9.17) is 10.5 Å². The summed E-state index contributed by atoms with van der Waals surface area (Å²) in [4.78, 5) is 0. The quantitative estimate of drug-likeness (QED) is 0.826. The molecule has 0 radical (unpaired) electrons. The molecule has 16 heavy (non-hydrogen) atoms. The highest BCUT2D eigenvalue weighted by Crippen LogP contribution is 2.28. The molecule has 1 aliphatic heterocycles. The molecule has 0 amide bonds. The second-order valence-electron chi connectivity index (χ2n) is 4.38. The van der Waals surface area contributed by atoms with E-state index in [1.165, 1.54) is 16.7 Å². The zero-order chi connectivity index (χ0) is 11.5. The fourth-order valence-corrected chi connectivity index (χ4v) is 2.25. The van der Waals surface area contributed by atoms with E-state index in [2.05, 4.69) is 38.1 Å². The van der Waals surface area contributed by atoms with Gasteiger partial charge in [-0.15, -0.1) is 0 Å². The van der Waals surface area contributed by atoms with Crippen LogP contribution >= 0.6 is 0 Å². The Balaban J connectivity index is 2.33. The van der Waals surface area contributed by atoms with Gasteiger partial charge in [-0.2, -0.15) is 0 Å². The Hall–Kier alpha value is -1.28. The highest BCUT2D eigenvalue weighted by Gasteiger charge is 2.18. The van der Waals surface area contributed by atoms with Crippen LogP contribution in [0.3, 0.4) is 0 Å². The molecule has 2 N–H and O–H groups in total. The lowest BCUT2D eigenvalue weighted by Crippen LogP contribution is -2.19. The molecule has 0 aliphatic carbocycles. The van der Waals surface area contributed by atoms with Crippen molar-refractivity contribution in [1.29, 1.82) is 0 Å². The Morgan fingerprint density at radius 3 is 2.50 bits per heavy atom. The van der Waals surface area contributed by atoms with E-state index < -0.39 is 0 Å². The number of nitrogens with two attached hydrogens (primary N) is 1. The zero-order valence-corrected chi connectivity index (χ0v) is 9.99. The third-order valence-electron chi connectivity index (χ3n) is 3.12. The van der Waals surface area contributed by atoms with E-state index in [1.807, 2.05) is 0 Å². The molecule has 0 bridgehead atoms. The number of benzene rings is 1. The SMILES string of the molecule is Cc1cccc(C)c1C(N)C1=CCCCO1. The highest BCUT2D eigenvalue weighted by molar-refractivity contribution is 5.39. The highest BCUT2D eigenvalue weighted by atomic mass is 16.5. The number of aryl methyl sites for hydroxylation is 2. The van der Waals surface area contributed by atoms with Crippen LogP contribution in [0.25, 0.3) is 0 Å². The number of allylic oxidation sites excluding steroid dienone is 1. The first-order valence-electron chi connectivity index (χ1n) is 5.84. The molecule has 0 aromatic heterocycles. The van der Waals surface area contributed by atoms with Crippen LogP contribution < -0.4 is 5.73 Å². The predicted octanol–water partition coefficient (Wildman–Crippen LogP) is 3.00. The normalized spacial score (nSPS) is 17.6. The molecule has 2 nitrogen and oxygen atoms in total. The standard InChI is InChI=1S/C14H19NO/c1-10-6-5-7-11(2)13(10)14(15)12-8-3-4-9-16-12/h5-8,14H,3-4,9,15H2,1-2H3. The molecule has 0 fully saturated rings.